The number of nitrogens with zero attached hydrogens (tertiary/aromatic N) is 2. The van der Waals surface area contributed by atoms with E-state index in [-0.39, 0.29) is 25.6 Å². The zero-order valence-corrected chi connectivity index (χ0v) is 11.2. The van der Waals surface area contributed by atoms with Gasteiger partial charge in [0.1, 0.15) is 0 Å². The van der Waals surface area contributed by atoms with Gasteiger partial charge in [-0.2, -0.15) is 0 Å². The average Bonchev–Trinajstić information content (AvgIpc) is 2.26. The van der Waals surface area contributed by atoms with E-state index in [1.807, 2.05) is 0 Å². The van der Waals surface area contributed by atoms with E-state index in [0.29, 0.717) is 19.6 Å². The molecule has 20 heavy (non-hydrogen) atoms. The van der Waals surface area contributed by atoms with E-state index in [0.717, 1.165) is 12.8 Å². The van der Waals surface area contributed by atoms with Crippen LogP contribution in [0.5, 0.6) is 0 Å². The van der Waals surface area contributed by atoms with Gasteiger partial charge in [-0.1, -0.05) is 0 Å². The predicted molar refractivity (Wildman–Crippen MR) is 68.5 cm³/mol. The summed E-state index contributed by atoms with van der Waals surface area (Å²) in [5, 5.41) is 26.3. The Morgan fingerprint density at radius 3 is 2.15 bits per heavy atom. The zero-order valence-electron chi connectivity index (χ0n) is 11.2. The van der Waals surface area contributed by atoms with Crippen LogP contribution in [0.15, 0.2) is 0 Å². The highest BCUT2D eigenvalue weighted by molar-refractivity contribution is 5.72. The molecule has 0 amide bonds. The first-order chi connectivity index (χ1) is 9.36. The number of hydrogen-bond acceptors (Lipinski definition) is 5. The van der Waals surface area contributed by atoms with Crippen LogP contribution in [0.4, 0.5) is 0 Å². The van der Waals surface area contributed by atoms with Crippen LogP contribution in [0, 0.1) is 5.92 Å². The Balaban J connectivity index is 2.51. The van der Waals surface area contributed by atoms with Gasteiger partial charge < -0.3 is 15.3 Å². The molecule has 0 radical (unpaired) electrons. The summed E-state index contributed by atoms with van der Waals surface area (Å²) in [7, 11) is 0. The Bertz CT molecular complexity index is 357. The first kappa shape index (κ1) is 16.4. The van der Waals surface area contributed by atoms with E-state index in [1.54, 1.807) is 4.90 Å². The molecule has 1 fully saturated rings. The molecule has 8 nitrogen and oxygen atoms in total. The van der Waals surface area contributed by atoms with E-state index in [1.165, 1.54) is 4.90 Å². The molecule has 1 heterocycles. The lowest BCUT2D eigenvalue weighted by Gasteiger charge is -2.34. The molecule has 1 aliphatic heterocycles. The second-order valence-electron chi connectivity index (χ2n) is 5.09. The number of rotatable bonds is 8. The molecule has 1 atom stereocenters. The van der Waals surface area contributed by atoms with Crippen molar-refractivity contribution >= 4 is 17.9 Å². The molecule has 114 valence electrons. The maximum Gasteiger partial charge on any atom is 0.317 e. The number of carboxylic acids is 3. The summed E-state index contributed by atoms with van der Waals surface area (Å²) in [4.78, 5) is 35.3. The van der Waals surface area contributed by atoms with Crippen LogP contribution in [-0.4, -0.2) is 82.3 Å². The van der Waals surface area contributed by atoms with Crippen LogP contribution in [0.1, 0.15) is 12.8 Å². The second kappa shape index (κ2) is 7.81. The Kier molecular flexibility index (Phi) is 6.40. The minimum Gasteiger partial charge on any atom is -0.480 e. The Labute approximate surface area is 116 Å². The molecule has 1 saturated heterocycles. The van der Waals surface area contributed by atoms with Crippen molar-refractivity contribution in [2.24, 2.45) is 5.92 Å². The Morgan fingerprint density at radius 2 is 1.65 bits per heavy atom. The normalized spacial score (nSPS) is 19.9. The number of carbonyl (C=O) groups is 3. The van der Waals surface area contributed by atoms with Crippen LogP contribution >= 0.6 is 0 Å². The summed E-state index contributed by atoms with van der Waals surface area (Å²) in [6.07, 6.45) is 1.69. The highest BCUT2D eigenvalue weighted by Gasteiger charge is 2.24. The van der Waals surface area contributed by atoms with Crippen LogP contribution < -0.4 is 0 Å². The number of carboxylic acid groups (broad SMARTS) is 3. The molecule has 0 spiro atoms. The minimum absolute atomic E-state index is 0.0334. The summed E-state index contributed by atoms with van der Waals surface area (Å²) in [5.41, 5.74) is 0. The molecule has 0 aromatic heterocycles. The standard InChI is InChI=1S/C12H20N2O6/c15-10(16)6-13-3-1-2-9(4-13)5-14(7-11(17)18)8-12(19)20/h9H,1-8H2,(H,15,16)(H,17,18)(H,19,20). The summed E-state index contributed by atoms with van der Waals surface area (Å²) in [6.45, 7) is 0.954. The summed E-state index contributed by atoms with van der Waals surface area (Å²) in [5.74, 6) is -2.92. The molecule has 3 N–H and O–H groups in total. The number of aliphatic carboxylic acids is 3. The lowest BCUT2D eigenvalue weighted by Crippen LogP contribution is -2.45. The lowest BCUT2D eigenvalue weighted by atomic mass is 9.97. The molecule has 8 heteroatoms. The number of likely N-dealkylation sites (tertiary alicyclic amines) is 1. The molecule has 0 aliphatic carbocycles. The first-order valence-electron chi connectivity index (χ1n) is 6.47. The van der Waals surface area contributed by atoms with E-state index in [2.05, 4.69) is 0 Å². The Hall–Kier alpha value is -1.67. The average molecular weight is 288 g/mol. The maximum absolute atomic E-state index is 10.7. The molecular weight excluding hydrogens is 268 g/mol. The molecule has 1 aliphatic rings. The molecule has 0 bridgehead atoms. The summed E-state index contributed by atoms with van der Waals surface area (Å²) < 4.78 is 0. The minimum atomic E-state index is -1.07. The van der Waals surface area contributed by atoms with Gasteiger partial charge in [-0.25, -0.2) is 0 Å². The van der Waals surface area contributed by atoms with Crippen molar-refractivity contribution in [1.29, 1.82) is 0 Å². The van der Waals surface area contributed by atoms with Crippen molar-refractivity contribution < 1.29 is 29.7 Å². The Morgan fingerprint density at radius 1 is 1.05 bits per heavy atom. The van der Waals surface area contributed by atoms with Gasteiger partial charge in [0.25, 0.3) is 0 Å². The highest BCUT2D eigenvalue weighted by Crippen LogP contribution is 2.17. The third-order valence-electron chi connectivity index (χ3n) is 3.20. The van der Waals surface area contributed by atoms with Crippen molar-refractivity contribution in [3.8, 4) is 0 Å². The van der Waals surface area contributed by atoms with Gasteiger partial charge in [0, 0.05) is 13.1 Å². The van der Waals surface area contributed by atoms with Crippen LogP contribution in [-0.2, 0) is 14.4 Å². The van der Waals surface area contributed by atoms with Crippen molar-refractivity contribution in [3.63, 3.8) is 0 Å². The van der Waals surface area contributed by atoms with E-state index in [9.17, 15) is 14.4 Å². The lowest BCUT2D eigenvalue weighted by molar-refractivity contribution is -0.142. The number of piperidine rings is 1. The fourth-order valence-electron chi connectivity index (χ4n) is 2.57. The quantitative estimate of drug-likeness (QED) is 0.534. The largest absolute Gasteiger partial charge is 0.480 e. The number of hydrogen-bond donors (Lipinski definition) is 3. The van der Waals surface area contributed by atoms with E-state index >= 15 is 0 Å². The van der Waals surface area contributed by atoms with Gasteiger partial charge in [0.15, 0.2) is 0 Å². The van der Waals surface area contributed by atoms with Crippen molar-refractivity contribution in [2.75, 3.05) is 39.3 Å². The fraction of sp³-hybridized carbons (Fsp3) is 0.750. The zero-order chi connectivity index (χ0) is 15.1. The van der Waals surface area contributed by atoms with Crippen LogP contribution in [0.25, 0.3) is 0 Å². The van der Waals surface area contributed by atoms with Gasteiger partial charge in [-0.05, 0) is 25.3 Å². The summed E-state index contributed by atoms with van der Waals surface area (Å²) in [6, 6.07) is 0. The third kappa shape index (κ3) is 6.48. The molecule has 0 saturated carbocycles. The predicted octanol–water partition coefficient (Wildman–Crippen LogP) is -0.746. The van der Waals surface area contributed by atoms with Crippen LogP contribution in [0.2, 0.25) is 0 Å². The maximum atomic E-state index is 10.7. The van der Waals surface area contributed by atoms with Gasteiger partial charge in [-0.3, -0.25) is 24.2 Å². The molecular formula is C12H20N2O6. The van der Waals surface area contributed by atoms with Crippen molar-refractivity contribution in [2.45, 2.75) is 12.8 Å². The fourth-order valence-corrected chi connectivity index (χ4v) is 2.57. The highest BCUT2D eigenvalue weighted by atomic mass is 16.4. The van der Waals surface area contributed by atoms with Gasteiger partial charge in [0.05, 0.1) is 19.6 Å². The molecule has 0 aromatic rings. The molecule has 0 aromatic carbocycles. The third-order valence-corrected chi connectivity index (χ3v) is 3.20. The monoisotopic (exact) mass is 288 g/mol. The topological polar surface area (TPSA) is 118 Å². The van der Waals surface area contributed by atoms with Crippen LogP contribution in [0.3, 0.4) is 0 Å². The van der Waals surface area contributed by atoms with Gasteiger partial charge in [-0.15, -0.1) is 0 Å². The van der Waals surface area contributed by atoms with E-state index in [4.69, 9.17) is 15.3 Å². The van der Waals surface area contributed by atoms with Crippen molar-refractivity contribution in [3.05, 3.63) is 0 Å². The first-order valence-corrected chi connectivity index (χ1v) is 6.47. The molecule has 1 unspecified atom stereocenters. The smallest absolute Gasteiger partial charge is 0.317 e. The second-order valence-corrected chi connectivity index (χ2v) is 5.09. The molecule has 1 rings (SSSR count). The van der Waals surface area contributed by atoms with Gasteiger partial charge >= 0.3 is 17.9 Å². The SMILES string of the molecule is O=C(O)CN1CCCC(CN(CC(=O)O)CC(=O)O)C1. The van der Waals surface area contributed by atoms with Crippen molar-refractivity contribution in [1.82, 2.24) is 9.80 Å². The van der Waals surface area contributed by atoms with E-state index < -0.39 is 17.9 Å². The van der Waals surface area contributed by atoms with Gasteiger partial charge in [0.2, 0.25) is 0 Å². The summed E-state index contributed by atoms with van der Waals surface area (Å²) >= 11 is 0.